The second kappa shape index (κ2) is 9.77. The molecule has 1 aliphatic rings. The van der Waals surface area contributed by atoms with Gasteiger partial charge in [0.15, 0.2) is 11.5 Å². The number of aryl methyl sites for hydroxylation is 1. The monoisotopic (exact) mass is 368 g/mol. The van der Waals surface area contributed by atoms with Crippen LogP contribution in [0.3, 0.4) is 0 Å². The minimum absolute atomic E-state index is 0.544. The van der Waals surface area contributed by atoms with Gasteiger partial charge in [-0.2, -0.15) is 0 Å². The molecule has 0 unspecified atom stereocenters. The topological polar surface area (TPSA) is 33.7 Å². The molecule has 4 heteroatoms. The van der Waals surface area contributed by atoms with Crippen molar-refractivity contribution in [3.63, 3.8) is 0 Å². The average molecular weight is 369 g/mol. The molecular weight excluding hydrogens is 336 g/mol. The van der Waals surface area contributed by atoms with Crippen molar-refractivity contribution in [2.24, 2.45) is 0 Å². The fraction of sp³-hybridized carbons (Fsp3) is 0.478. The van der Waals surface area contributed by atoms with Crippen LogP contribution in [0.2, 0.25) is 0 Å². The minimum Gasteiger partial charge on any atom is -0.493 e. The quantitative estimate of drug-likeness (QED) is 0.721. The molecule has 2 aromatic rings. The number of rotatable bonds is 9. The number of hydrogen-bond donors (Lipinski definition) is 1. The Bertz CT molecular complexity index is 715. The van der Waals surface area contributed by atoms with E-state index in [1.54, 1.807) is 7.11 Å². The molecular formula is C23H32N2O2. The van der Waals surface area contributed by atoms with Crippen molar-refractivity contribution in [1.82, 2.24) is 10.2 Å². The summed E-state index contributed by atoms with van der Waals surface area (Å²) in [6.07, 6.45) is 2.62. The van der Waals surface area contributed by atoms with Gasteiger partial charge in [-0.1, -0.05) is 42.8 Å². The predicted octanol–water partition coefficient (Wildman–Crippen LogP) is 4.16. The van der Waals surface area contributed by atoms with Crippen molar-refractivity contribution in [2.45, 2.75) is 45.9 Å². The predicted molar refractivity (Wildman–Crippen MR) is 110 cm³/mol. The third-order valence-electron chi connectivity index (χ3n) is 5.36. The Morgan fingerprint density at radius 1 is 1.07 bits per heavy atom. The first-order chi connectivity index (χ1) is 13.2. The van der Waals surface area contributed by atoms with Crippen LogP contribution in [0.15, 0.2) is 42.5 Å². The van der Waals surface area contributed by atoms with Crippen LogP contribution in [0.25, 0.3) is 0 Å². The Kier molecular flexibility index (Phi) is 7.13. The van der Waals surface area contributed by atoms with Gasteiger partial charge in [-0.15, -0.1) is 0 Å². The summed E-state index contributed by atoms with van der Waals surface area (Å²) in [5.41, 5.74) is 3.63. The fourth-order valence-electron chi connectivity index (χ4n) is 3.71. The summed E-state index contributed by atoms with van der Waals surface area (Å²) in [6, 6.07) is 15.3. The van der Waals surface area contributed by atoms with Gasteiger partial charge in [0.25, 0.3) is 0 Å². The van der Waals surface area contributed by atoms with E-state index in [1.165, 1.54) is 30.5 Å². The summed E-state index contributed by atoms with van der Waals surface area (Å²) in [6.45, 7) is 9.16. The molecule has 27 heavy (non-hydrogen) atoms. The van der Waals surface area contributed by atoms with Crippen LogP contribution in [0.5, 0.6) is 11.5 Å². The van der Waals surface area contributed by atoms with Crippen molar-refractivity contribution in [3.05, 3.63) is 59.2 Å². The molecule has 1 heterocycles. The van der Waals surface area contributed by atoms with E-state index in [9.17, 15) is 0 Å². The van der Waals surface area contributed by atoms with Gasteiger partial charge in [-0.3, -0.25) is 4.90 Å². The molecule has 0 spiro atoms. The van der Waals surface area contributed by atoms with E-state index in [4.69, 9.17) is 9.47 Å². The van der Waals surface area contributed by atoms with E-state index < -0.39 is 0 Å². The number of nitrogens with zero attached hydrogens (tertiary/aromatic N) is 1. The lowest BCUT2D eigenvalue weighted by Crippen LogP contribution is -2.37. The van der Waals surface area contributed by atoms with Gasteiger partial charge in [0.05, 0.1) is 7.11 Å². The van der Waals surface area contributed by atoms with Crippen LogP contribution in [0, 0.1) is 6.92 Å². The van der Waals surface area contributed by atoms with Crippen LogP contribution in [0.1, 0.15) is 36.5 Å². The number of benzene rings is 2. The molecule has 2 aromatic carbocycles. The number of methoxy groups -OCH3 is 1. The summed E-state index contributed by atoms with van der Waals surface area (Å²) >= 11 is 0. The lowest BCUT2D eigenvalue weighted by Gasteiger charge is -2.23. The van der Waals surface area contributed by atoms with Gasteiger partial charge in [0.2, 0.25) is 0 Å². The standard InChI is InChI=1S/C23H32N2O2/c1-4-25-13-5-6-21(25)16-24-15-20-11-12-22(23(14-20)26-3)27-17-19-9-7-18(2)8-10-19/h7-12,14,21,24H,4-6,13,15-17H2,1-3H3/t21-/m0/s1. The first-order valence-corrected chi connectivity index (χ1v) is 9.99. The van der Waals surface area contributed by atoms with Crippen molar-refractivity contribution >= 4 is 0 Å². The van der Waals surface area contributed by atoms with E-state index in [0.29, 0.717) is 12.6 Å². The normalized spacial score (nSPS) is 17.2. The molecule has 0 bridgehead atoms. The molecule has 0 aromatic heterocycles. The molecule has 0 radical (unpaired) electrons. The van der Waals surface area contributed by atoms with Crippen molar-refractivity contribution in [3.8, 4) is 11.5 Å². The van der Waals surface area contributed by atoms with Crippen LogP contribution in [0.4, 0.5) is 0 Å². The summed E-state index contributed by atoms with van der Waals surface area (Å²) < 4.78 is 11.5. The summed E-state index contributed by atoms with van der Waals surface area (Å²) in [5.74, 6) is 1.58. The maximum absolute atomic E-state index is 5.97. The first kappa shape index (κ1) is 19.7. The summed E-state index contributed by atoms with van der Waals surface area (Å²) in [7, 11) is 1.70. The third kappa shape index (κ3) is 5.47. The number of nitrogens with one attached hydrogen (secondary N) is 1. The summed E-state index contributed by atoms with van der Waals surface area (Å²) in [5, 5.41) is 3.60. The van der Waals surface area contributed by atoms with Crippen molar-refractivity contribution in [1.29, 1.82) is 0 Å². The van der Waals surface area contributed by atoms with E-state index >= 15 is 0 Å². The highest BCUT2D eigenvalue weighted by atomic mass is 16.5. The zero-order valence-corrected chi connectivity index (χ0v) is 16.8. The maximum atomic E-state index is 5.97. The van der Waals surface area contributed by atoms with Crippen LogP contribution in [-0.4, -0.2) is 37.7 Å². The highest BCUT2D eigenvalue weighted by Gasteiger charge is 2.22. The third-order valence-corrected chi connectivity index (χ3v) is 5.36. The van der Waals surface area contributed by atoms with Gasteiger partial charge < -0.3 is 14.8 Å². The van der Waals surface area contributed by atoms with E-state index in [1.807, 2.05) is 6.07 Å². The molecule has 1 aliphatic heterocycles. The Hall–Kier alpha value is -2.04. The molecule has 0 aliphatic carbocycles. The largest absolute Gasteiger partial charge is 0.493 e. The number of likely N-dealkylation sites (tertiary alicyclic amines) is 1. The zero-order chi connectivity index (χ0) is 19.1. The molecule has 1 N–H and O–H groups in total. The smallest absolute Gasteiger partial charge is 0.161 e. The Balaban J connectivity index is 1.53. The molecule has 4 nitrogen and oxygen atoms in total. The second-order valence-electron chi connectivity index (χ2n) is 7.32. The maximum Gasteiger partial charge on any atom is 0.161 e. The van der Waals surface area contributed by atoms with Gasteiger partial charge >= 0.3 is 0 Å². The molecule has 146 valence electrons. The molecule has 3 rings (SSSR count). The van der Waals surface area contributed by atoms with Crippen LogP contribution >= 0.6 is 0 Å². The van der Waals surface area contributed by atoms with Gasteiger partial charge in [0, 0.05) is 19.1 Å². The fourth-order valence-corrected chi connectivity index (χ4v) is 3.71. The Morgan fingerprint density at radius 3 is 2.59 bits per heavy atom. The lowest BCUT2D eigenvalue weighted by atomic mass is 10.1. The molecule has 1 saturated heterocycles. The van der Waals surface area contributed by atoms with Crippen molar-refractivity contribution < 1.29 is 9.47 Å². The van der Waals surface area contributed by atoms with Crippen molar-refractivity contribution in [2.75, 3.05) is 26.7 Å². The van der Waals surface area contributed by atoms with Gasteiger partial charge in [-0.05, 0) is 56.1 Å². The van der Waals surface area contributed by atoms with E-state index in [-0.39, 0.29) is 0 Å². The SMILES string of the molecule is CCN1CCC[C@H]1CNCc1ccc(OCc2ccc(C)cc2)c(OC)c1. The Labute approximate surface area is 163 Å². The van der Waals surface area contributed by atoms with Crippen LogP contribution in [-0.2, 0) is 13.2 Å². The number of likely N-dealkylation sites (N-methyl/N-ethyl adjacent to an activating group) is 1. The number of ether oxygens (including phenoxy) is 2. The highest BCUT2D eigenvalue weighted by molar-refractivity contribution is 5.43. The minimum atomic E-state index is 0.544. The first-order valence-electron chi connectivity index (χ1n) is 9.99. The summed E-state index contributed by atoms with van der Waals surface area (Å²) in [4.78, 5) is 2.57. The highest BCUT2D eigenvalue weighted by Crippen LogP contribution is 2.29. The molecule has 0 amide bonds. The van der Waals surface area contributed by atoms with E-state index in [0.717, 1.165) is 36.7 Å². The molecule has 1 atom stereocenters. The molecule has 0 saturated carbocycles. The Morgan fingerprint density at radius 2 is 1.85 bits per heavy atom. The zero-order valence-electron chi connectivity index (χ0n) is 16.8. The number of hydrogen-bond acceptors (Lipinski definition) is 4. The van der Waals surface area contributed by atoms with E-state index in [2.05, 4.69) is 60.5 Å². The second-order valence-corrected chi connectivity index (χ2v) is 7.32. The lowest BCUT2D eigenvalue weighted by molar-refractivity contribution is 0.260. The van der Waals surface area contributed by atoms with Gasteiger partial charge in [0.1, 0.15) is 6.61 Å². The van der Waals surface area contributed by atoms with Crippen LogP contribution < -0.4 is 14.8 Å². The average Bonchev–Trinajstić information content (AvgIpc) is 3.15. The van der Waals surface area contributed by atoms with Gasteiger partial charge in [-0.25, -0.2) is 0 Å². The molecule has 1 fully saturated rings.